The fourth-order valence-corrected chi connectivity index (χ4v) is 4.77. The molecule has 2 heterocycles. The predicted molar refractivity (Wildman–Crippen MR) is 110 cm³/mol. The van der Waals surface area contributed by atoms with Gasteiger partial charge in [-0.1, -0.05) is 53.7 Å². The number of benzene rings is 1. The third-order valence-corrected chi connectivity index (χ3v) is 6.39. The molecule has 26 heavy (non-hydrogen) atoms. The maximum atomic E-state index is 10.9. The molecule has 2 fully saturated rings. The lowest BCUT2D eigenvalue weighted by atomic mass is 9.78. The van der Waals surface area contributed by atoms with Gasteiger partial charge in [-0.05, 0) is 53.8 Å². The normalized spacial score (nSPS) is 25.5. The van der Waals surface area contributed by atoms with Gasteiger partial charge in [0.1, 0.15) is 5.75 Å². The number of hydrogen-bond acceptors (Lipinski definition) is 3. The molecule has 0 saturated carbocycles. The van der Waals surface area contributed by atoms with E-state index in [4.69, 9.17) is 0 Å². The van der Waals surface area contributed by atoms with Crippen molar-refractivity contribution < 1.29 is 5.11 Å². The second-order valence-electron chi connectivity index (χ2n) is 10.5. The van der Waals surface area contributed by atoms with Crippen LogP contribution in [0.4, 0.5) is 0 Å². The Hall–Kier alpha value is -1.06. The Morgan fingerprint density at radius 1 is 0.962 bits per heavy atom. The van der Waals surface area contributed by atoms with E-state index in [9.17, 15) is 5.11 Å². The number of hydrogen-bond donors (Lipinski definition) is 1. The van der Waals surface area contributed by atoms with E-state index in [1.54, 1.807) is 0 Å². The number of aromatic hydroxyl groups is 1. The number of fused-ring (bicyclic) bond motifs is 1. The van der Waals surface area contributed by atoms with Crippen molar-refractivity contribution in [2.24, 2.45) is 0 Å². The van der Waals surface area contributed by atoms with Crippen LogP contribution < -0.4 is 0 Å². The summed E-state index contributed by atoms with van der Waals surface area (Å²) in [5.41, 5.74) is 3.38. The molecule has 3 nitrogen and oxygen atoms in total. The summed E-state index contributed by atoms with van der Waals surface area (Å²) in [6, 6.07) is 5.83. The van der Waals surface area contributed by atoms with Gasteiger partial charge < -0.3 is 5.11 Å². The van der Waals surface area contributed by atoms with Crippen LogP contribution in [0.15, 0.2) is 12.1 Å². The standard InChI is InChI=1S/C23H38N2O/c1-16-20-9-8-10-24(20)11-12-25(16)15-17-13-18(22(2,3)4)21(26)19(14-17)23(5,6)7/h13-14,16,20,26H,8-12,15H2,1-7H3/t16-,20+/m0/s1. The molecule has 2 aliphatic heterocycles. The van der Waals surface area contributed by atoms with Gasteiger partial charge in [0.25, 0.3) is 0 Å². The Morgan fingerprint density at radius 3 is 2.08 bits per heavy atom. The molecule has 0 amide bonds. The smallest absolute Gasteiger partial charge is 0.123 e. The topological polar surface area (TPSA) is 26.7 Å². The van der Waals surface area contributed by atoms with Crippen LogP contribution in [0.5, 0.6) is 5.75 Å². The molecule has 0 spiro atoms. The van der Waals surface area contributed by atoms with Gasteiger partial charge in [0, 0.05) is 31.7 Å². The number of rotatable bonds is 2. The Kier molecular flexibility index (Phi) is 5.18. The zero-order chi connectivity index (χ0) is 19.3. The maximum Gasteiger partial charge on any atom is 0.123 e. The maximum absolute atomic E-state index is 10.9. The van der Waals surface area contributed by atoms with Crippen molar-refractivity contribution in [1.82, 2.24) is 9.80 Å². The molecule has 1 aromatic carbocycles. The first-order valence-electron chi connectivity index (χ1n) is 10.3. The lowest BCUT2D eigenvalue weighted by Crippen LogP contribution is -2.55. The van der Waals surface area contributed by atoms with E-state index in [2.05, 4.69) is 70.4 Å². The van der Waals surface area contributed by atoms with Gasteiger partial charge in [0.2, 0.25) is 0 Å². The monoisotopic (exact) mass is 358 g/mol. The first kappa shape index (κ1) is 19.7. The lowest BCUT2D eigenvalue weighted by molar-refractivity contribution is 0.0470. The SMILES string of the molecule is C[C@H]1[C@H]2CCCN2CCN1Cc1cc(C(C)(C)C)c(O)c(C(C)(C)C)c1. The van der Waals surface area contributed by atoms with Crippen molar-refractivity contribution in [2.75, 3.05) is 19.6 Å². The van der Waals surface area contributed by atoms with E-state index in [-0.39, 0.29) is 10.8 Å². The number of piperazine rings is 1. The average molecular weight is 359 g/mol. The Balaban J connectivity index is 1.92. The molecule has 0 bridgehead atoms. The van der Waals surface area contributed by atoms with Gasteiger partial charge in [-0.15, -0.1) is 0 Å². The summed E-state index contributed by atoms with van der Waals surface area (Å²) in [6.45, 7) is 20.2. The molecule has 0 aromatic heterocycles. The van der Waals surface area contributed by atoms with Crippen molar-refractivity contribution in [3.05, 3.63) is 28.8 Å². The van der Waals surface area contributed by atoms with E-state index in [1.165, 1.54) is 31.5 Å². The largest absolute Gasteiger partial charge is 0.507 e. The molecule has 0 radical (unpaired) electrons. The predicted octanol–water partition coefficient (Wildman–Crippen LogP) is 4.66. The molecule has 3 heteroatoms. The van der Waals surface area contributed by atoms with E-state index >= 15 is 0 Å². The fraction of sp³-hybridized carbons (Fsp3) is 0.739. The van der Waals surface area contributed by atoms with Crippen molar-refractivity contribution >= 4 is 0 Å². The summed E-state index contributed by atoms with van der Waals surface area (Å²) in [5.74, 6) is 0.488. The fourth-order valence-electron chi connectivity index (χ4n) is 4.77. The van der Waals surface area contributed by atoms with Crippen LogP contribution in [0.3, 0.4) is 0 Å². The molecule has 146 valence electrons. The van der Waals surface area contributed by atoms with Crippen LogP contribution in [-0.4, -0.2) is 46.6 Å². The quantitative estimate of drug-likeness (QED) is 0.833. The molecule has 0 aliphatic carbocycles. The zero-order valence-corrected chi connectivity index (χ0v) is 17.9. The number of phenolic OH excluding ortho intramolecular Hbond substituents is 1. The molecule has 1 N–H and O–H groups in total. The highest BCUT2D eigenvalue weighted by atomic mass is 16.3. The molecule has 0 unspecified atom stereocenters. The molecule has 3 rings (SSSR count). The molecule has 2 aliphatic rings. The molecular formula is C23H38N2O. The van der Waals surface area contributed by atoms with Gasteiger partial charge in [0.15, 0.2) is 0 Å². The summed E-state index contributed by atoms with van der Waals surface area (Å²) in [6.07, 6.45) is 2.69. The highest BCUT2D eigenvalue weighted by Crippen LogP contribution is 2.40. The zero-order valence-electron chi connectivity index (χ0n) is 17.9. The molecule has 1 aromatic rings. The van der Waals surface area contributed by atoms with Gasteiger partial charge in [0.05, 0.1) is 0 Å². The summed E-state index contributed by atoms with van der Waals surface area (Å²) < 4.78 is 0. The van der Waals surface area contributed by atoms with Crippen molar-refractivity contribution in [3.8, 4) is 5.75 Å². The van der Waals surface area contributed by atoms with Crippen LogP contribution in [0.25, 0.3) is 0 Å². The van der Waals surface area contributed by atoms with Gasteiger partial charge in [-0.2, -0.15) is 0 Å². The van der Waals surface area contributed by atoms with Crippen molar-refractivity contribution in [3.63, 3.8) is 0 Å². The van der Waals surface area contributed by atoms with Crippen LogP contribution in [-0.2, 0) is 17.4 Å². The van der Waals surface area contributed by atoms with Crippen LogP contribution in [0.2, 0.25) is 0 Å². The first-order chi connectivity index (χ1) is 12.0. The summed E-state index contributed by atoms with van der Waals surface area (Å²) in [4.78, 5) is 5.33. The van der Waals surface area contributed by atoms with Crippen molar-refractivity contribution in [2.45, 2.75) is 90.8 Å². The Bertz CT molecular complexity index is 618. The second kappa shape index (κ2) is 6.83. The average Bonchev–Trinajstić information content (AvgIpc) is 2.98. The highest BCUT2D eigenvalue weighted by molar-refractivity contribution is 5.49. The van der Waals surface area contributed by atoms with Crippen LogP contribution in [0, 0.1) is 0 Å². The summed E-state index contributed by atoms with van der Waals surface area (Å²) in [7, 11) is 0. The van der Waals surface area contributed by atoms with E-state index in [0.717, 1.165) is 30.3 Å². The molecule has 2 atom stereocenters. The second-order valence-corrected chi connectivity index (χ2v) is 10.5. The minimum atomic E-state index is -0.0597. The Labute approximate surface area is 160 Å². The van der Waals surface area contributed by atoms with Crippen LogP contribution >= 0.6 is 0 Å². The van der Waals surface area contributed by atoms with Gasteiger partial charge in [-0.3, -0.25) is 9.80 Å². The Morgan fingerprint density at radius 2 is 1.54 bits per heavy atom. The van der Waals surface area contributed by atoms with E-state index in [1.807, 2.05) is 0 Å². The first-order valence-corrected chi connectivity index (χ1v) is 10.3. The summed E-state index contributed by atoms with van der Waals surface area (Å²) >= 11 is 0. The lowest BCUT2D eigenvalue weighted by Gasteiger charge is -2.43. The van der Waals surface area contributed by atoms with Crippen LogP contribution in [0.1, 0.15) is 78.0 Å². The van der Waals surface area contributed by atoms with Gasteiger partial charge in [-0.25, -0.2) is 0 Å². The van der Waals surface area contributed by atoms with Gasteiger partial charge >= 0.3 is 0 Å². The molecular weight excluding hydrogens is 320 g/mol. The third-order valence-electron chi connectivity index (χ3n) is 6.39. The molecule has 2 saturated heterocycles. The van der Waals surface area contributed by atoms with Crippen molar-refractivity contribution in [1.29, 1.82) is 0 Å². The summed E-state index contributed by atoms with van der Waals surface area (Å²) in [5, 5.41) is 10.9. The minimum absolute atomic E-state index is 0.0597. The van der Waals surface area contributed by atoms with E-state index < -0.39 is 0 Å². The number of nitrogens with zero attached hydrogens (tertiary/aromatic N) is 2. The highest BCUT2D eigenvalue weighted by Gasteiger charge is 2.36. The van der Waals surface area contributed by atoms with E-state index in [0.29, 0.717) is 11.8 Å². The number of phenols is 1. The third kappa shape index (κ3) is 3.80. The minimum Gasteiger partial charge on any atom is -0.507 e.